The Morgan fingerprint density at radius 3 is 2.16 bits per heavy atom. The third-order valence-corrected chi connectivity index (χ3v) is 8.90. The number of esters is 1. The molecule has 2 N–H and O–H groups in total. The molecule has 43 heavy (non-hydrogen) atoms. The minimum absolute atomic E-state index is 0.0362. The highest BCUT2D eigenvalue weighted by atomic mass is 35.5. The fourth-order valence-electron chi connectivity index (χ4n) is 4.50. The maximum absolute atomic E-state index is 12.6. The second-order valence-electron chi connectivity index (χ2n) is 9.62. The van der Waals surface area contributed by atoms with Crippen LogP contribution in [0.5, 0.6) is 23.0 Å². The van der Waals surface area contributed by atoms with Crippen LogP contribution in [0, 0.1) is 11.3 Å². The lowest BCUT2D eigenvalue weighted by atomic mass is 9.83. The van der Waals surface area contributed by atoms with Crippen LogP contribution in [0.2, 0.25) is 25.1 Å². The van der Waals surface area contributed by atoms with Gasteiger partial charge < -0.3 is 24.7 Å². The number of carbonyl (C=O) groups is 1. The fourth-order valence-corrected chi connectivity index (χ4v) is 5.73. The van der Waals surface area contributed by atoms with Crippen LogP contribution in [0.25, 0.3) is 0 Å². The van der Waals surface area contributed by atoms with E-state index in [1.165, 1.54) is 25.3 Å². The number of fused-ring (bicyclic) bond motifs is 1. The van der Waals surface area contributed by atoms with Gasteiger partial charge >= 0.3 is 5.97 Å². The van der Waals surface area contributed by atoms with Gasteiger partial charge in [0.25, 0.3) is 0 Å². The van der Waals surface area contributed by atoms with Gasteiger partial charge in [0.1, 0.15) is 38.9 Å². The SMILES string of the molecule is CCCCCCCOc1ccc(C2C(C#N)=C(N)Oc3cc(OC(=O)COc4c(Cl)c(Cl)c(Cl)c(Cl)c4Cl)ccc32)cc1. The Hall–Kier alpha value is -2.99. The van der Waals surface area contributed by atoms with E-state index in [2.05, 4.69) is 13.0 Å². The molecule has 0 bridgehead atoms. The van der Waals surface area contributed by atoms with E-state index in [1.54, 1.807) is 12.1 Å². The Kier molecular flexibility index (Phi) is 11.6. The van der Waals surface area contributed by atoms with Crippen LogP contribution in [-0.4, -0.2) is 19.2 Å². The topological polar surface area (TPSA) is 104 Å². The van der Waals surface area contributed by atoms with E-state index >= 15 is 0 Å². The summed E-state index contributed by atoms with van der Waals surface area (Å²) in [5.74, 6) is -0.176. The minimum Gasteiger partial charge on any atom is -0.494 e. The molecule has 0 spiro atoms. The van der Waals surface area contributed by atoms with E-state index in [-0.39, 0.29) is 48.1 Å². The molecule has 0 aliphatic carbocycles. The van der Waals surface area contributed by atoms with Crippen molar-refractivity contribution in [2.24, 2.45) is 5.73 Å². The molecule has 0 fully saturated rings. The van der Waals surface area contributed by atoms with Gasteiger partial charge in [0, 0.05) is 11.6 Å². The van der Waals surface area contributed by atoms with Gasteiger partial charge in [0.05, 0.1) is 27.6 Å². The van der Waals surface area contributed by atoms with E-state index in [0.29, 0.717) is 17.9 Å². The molecular formula is C31H27Cl5N2O5. The highest BCUT2D eigenvalue weighted by molar-refractivity contribution is 6.55. The third kappa shape index (κ3) is 7.75. The van der Waals surface area contributed by atoms with Crippen LogP contribution >= 0.6 is 58.0 Å². The number of unbranched alkanes of at least 4 members (excludes halogenated alkanes) is 4. The zero-order chi connectivity index (χ0) is 31.1. The number of nitrogens with two attached hydrogens (primary N) is 1. The van der Waals surface area contributed by atoms with E-state index in [9.17, 15) is 10.1 Å². The average molecular weight is 685 g/mol. The Bertz CT molecular complexity index is 1540. The van der Waals surface area contributed by atoms with E-state index in [1.807, 2.05) is 24.3 Å². The molecule has 1 unspecified atom stereocenters. The maximum Gasteiger partial charge on any atom is 0.349 e. The molecule has 12 heteroatoms. The molecule has 0 saturated carbocycles. The molecule has 1 aliphatic heterocycles. The van der Waals surface area contributed by atoms with Crippen molar-refractivity contribution in [1.82, 2.24) is 0 Å². The van der Waals surface area contributed by atoms with Gasteiger partial charge in [-0.2, -0.15) is 5.26 Å². The van der Waals surface area contributed by atoms with Crippen molar-refractivity contribution in [3.8, 4) is 29.1 Å². The summed E-state index contributed by atoms with van der Waals surface area (Å²) in [5, 5.41) is 9.51. The second-order valence-corrected chi connectivity index (χ2v) is 11.5. The summed E-state index contributed by atoms with van der Waals surface area (Å²) in [6, 6.07) is 14.5. The number of carbonyl (C=O) groups excluding carboxylic acids is 1. The van der Waals surface area contributed by atoms with Gasteiger partial charge in [-0.1, -0.05) is 109 Å². The predicted octanol–water partition coefficient (Wildman–Crippen LogP) is 9.51. The zero-order valence-electron chi connectivity index (χ0n) is 23.0. The molecule has 226 valence electrons. The average Bonchev–Trinajstić information content (AvgIpc) is 3.00. The van der Waals surface area contributed by atoms with Crippen molar-refractivity contribution in [3.63, 3.8) is 0 Å². The number of hydrogen-bond donors (Lipinski definition) is 1. The van der Waals surface area contributed by atoms with Crippen LogP contribution < -0.4 is 24.7 Å². The Balaban J connectivity index is 1.46. The lowest BCUT2D eigenvalue weighted by Gasteiger charge is -2.26. The molecule has 0 amide bonds. The standard InChI is InChI=1S/C31H27Cl5N2O5/c1-2-3-4-5-6-13-40-18-9-7-17(8-10-18)24-20-12-11-19(14-22(20)43-31(38)21(24)15-37)42-23(39)16-41-30-28(35)26(33)25(32)27(34)29(30)36/h7-12,14,24H,2-6,13,16,38H2,1H3. The fraction of sp³-hybridized carbons (Fsp3) is 0.290. The molecule has 1 atom stereocenters. The second kappa shape index (κ2) is 15.1. The lowest BCUT2D eigenvalue weighted by Crippen LogP contribution is -2.21. The molecule has 3 aromatic rings. The first kappa shape index (κ1) is 32.9. The van der Waals surface area contributed by atoms with E-state index in [4.69, 9.17) is 82.7 Å². The van der Waals surface area contributed by atoms with Gasteiger partial charge in [0.15, 0.2) is 12.4 Å². The molecule has 7 nitrogen and oxygen atoms in total. The van der Waals surface area contributed by atoms with Gasteiger partial charge in [0.2, 0.25) is 5.88 Å². The maximum atomic E-state index is 12.6. The largest absolute Gasteiger partial charge is 0.494 e. The number of benzene rings is 3. The van der Waals surface area contributed by atoms with E-state index < -0.39 is 18.5 Å². The summed E-state index contributed by atoms with van der Waals surface area (Å²) in [6.07, 6.45) is 5.78. The predicted molar refractivity (Wildman–Crippen MR) is 169 cm³/mol. The smallest absolute Gasteiger partial charge is 0.349 e. The number of halogens is 5. The Morgan fingerprint density at radius 1 is 0.884 bits per heavy atom. The molecule has 1 aliphatic rings. The van der Waals surface area contributed by atoms with Gasteiger partial charge in [-0.3, -0.25) is 0 Å². The van der Waals surface area contributed by atoms with Gasteiger partial charge in [-0.25, -0.2) is 4.79 Å². The molecular weight excluding hydrogens is 658 g/mol. The summed E-state index contributed by atoms with van der Waals surface area (Å²) >= 11 is 30.4. The summed E-state index contributed by atoms with van der Waals surface area (Å²) in [7, 11) is 0. The number of nitrogens with zero attached hydrogens (tertiary/aromatic N) is 1. The van der Waals surface area contributed by atoms with Crippen LogP contribution in [-0.2, 0) is 4.79 Å². The monoisotopic (exact) mass is 682 g/mol. The third-order valence-electron chi connectivity index (χ3n) is 6.66. The van der Waals surface area contributed by atoms with Gasteiger partial charge in [-0.05, 0) is 30.2 Å². The molecule has 0 aromatic heterocycles. The van der Waals surface area contributed by atoms with Crippen LogP contribution in [0.15, 0.2) is 53.9 Å². The highest BCUT2D eigenvalue weighted by Crippen LogP contribution is 2.48. The summed E-state index contributed by atoms with van der Waals surface area (Å²) < 4.78 is 22.5. The van der Waals surface area contributed by atoms with Crippen LogP contribution in [0.3, 0.4) is 0 Å². The summed E-state index contributed by atoms with van der Waals surface area (Å²) in [6.45, 7) is 2.27. The van der Waals surface area contributed by atoms with Crippen molar-refractivity contribution in [2.45, 2.75) is 44.9 Å². The quantitative estimate of drug-likeness (QED) is 0.0666. The van der Waals surface area contributed by atoms with Gasteiger partial charge in [-0.15, -0.1) is 0 Å². The Morgan fingerprint density at radius 2 is 1.51 bits per heavy atom. The van der Waals surface area contributed by atoms with Crippen molar-refractivity contribution in [2.75, 3.05) is 13.2 Å². The molecule has 0 saturated heterocycles. The van der Waals surface area contributed by atoms with Crippen LogP contribution in [0.1, 0.15) is 56.1 Å². The first-order valence-electron chi connectivity index (χ1n) is 13.4. The molecule has 4 rings (SSSR count). The number of allylic oxidation sites excluding steroid dienone is 1. The molecule has 1 heterocycles. The first-order chi connectivity index (χ1) is 20.7. The Labute approximate surface area is 274 Å². The van der Waals surface area contributed by atoms with Crippen molar-refractivity contribution < 1.29 is 23.7 Å². The minimum atomic E-state index is -0.774. The van der Waals surface area contributed by atoms with Crippen LogP contribution in [0.4, 0.5) is 0 Å². The molecule has 0 radical (unpaired) electrons. The molecule has 3 aromatic carbocycles. The first-order valence-corrected chi connectivity index (χ1v) is 15.3. The lowest BCUT2D eigenvalue weighted by molar-refractivity contribution is -0.136. The zero-order valence-corrected chi connectivity index (χ0v) is 26.8. The normalized spacial score (nSPS) is 14.0. The van der Waals surface area contributed by atoms with Crippen molar-refractivity contribution in [1.29, 1.82) is 5.26 Å². The number of nitriles is 1. The summed E-state index contributed by atoms with van der Waals surface area (Å²) in [5.41, 5.74) is 7.90. The van der Waals surface area contributed by atoms with E-state index in [0.717, 1.165) is 24.2 Å². The van der Waals surface area contributed by atoms with Crippen molar-refractivity contribution in [3.05, 3.63) is 90.2 Å². The summed E-state index contributed by atoms with van der Waals surface area (Å²) in [4.78, 5) is 12.6. The van der Waals surface area contributed by atoms with Crippen molar-refractivity contribution >= 4 is 64.0 Å². The number of rotatable bonds is 12. The highest BCUT2D eigenvalue weighted by Gasteiger charge is 2.31. The number of hydrogen-bond acceptors (Lipinski definition) is 7. The number of ether oxygens (including phenoxy) is 4.